The van der Waals surface area contributed by atoms with Crippen LogP contribution in [0.25, 0.3) is 16.7 Å². The van der Waals surface area contributed by atoms with Gasteiger partial charge in [0.05, 0.1) is 5.57 Å². The van der Waals surface area contributed by atoms with E-state index in [2.05, 4.69) is 0 Å². The summed E-state index contributed by atoms with van der Waals surface area (Å²) in [6.45, 7) is 0. The first-order chi connectivity index (χ1) is 10.8. The third kappa shape index (κ3) is 2.82. The van der Waals surface area contributed by atoms with Gasteiger partial charge in [0.25, 0.3) is 6.08 Å². The molecule has 0 radical (unpaired) electrons. The Morgan fingerprint density at radius 2 is 1.14 bits per heavy atom. The van der Waals surface area contributed by atoms with Crippen LogP contribution in [-0.2, 0) is 0 Å². The van der Waals surface area contributed by atoms with Crippen molar-refractivity contribution in [2.45, 2.75) is 0 Å². The molecule has 0 bridgehead atoms. The summed E-state index contributed by atoms with van der Waals surface area (Å²) in [5, 5.41) is 0. The molecule has 0 saturated carbocycles. The average Bonchev–Trinajstić information content (AvgIpc) is 2.57. The maximum Gasteiger partial charge on any atom is 0.278 e. The van der Waals surface area contributed by atoms with Gasteiger partial charge in [-0.3, -0.25) is 0 Å². The quantitative estimate of drug-likeness (QED) is 0.554. The minimum Gasteiger partial charge on any atom is -0.173 e. The lowest BCUT2D eigenvalue weighted by Gasteiger charge is -2.13. The van der Waals surface area contributed by atoms with E-state index < -0.39 is 6.08 Å². The van der Waals surface area contributed by atoms with Crippen LogP contribution in [0.2, 0.25) is 0 Å². The molecule has 22 heavy (non-hydrogen) atoms. The Hall–Kier alpha value is -2.74. The van der Waals surface area contributed by atoms with Crippen molar-refractivity contribution in [3.63, 3.8) is 0 Å². The summed E-state index contributed by atoms with van der Waals surface area (Å²) >= 11 is 0. The van der Waals surface area contributed by atoms with Crippen LogP contribution in [0, 0.1) is 0 Å². The fraction of sp³-hybridized carbons (Fsp3) is 0. The van der Waals surface area contributed by atoms with Gasteiger partial charge in [0.1, 0.15) is 0 Å². The fourth-order valence-corrected chi connectivity index (χ4v) is 2.54. The Morgan fingerprint density at radius 1 is 0.591 bits per heavy atom. The molecule has 3 aromatic carbocycles. The van der Waals surface area contributed by atoms with Crippen LogP contribution in [0.15, 0.2) is 91.0 Å². The van der Waals surface area contributed by atoms with Gasteiger partial charge in [-0.05, 0) is 22.3 Å². The van der Waals surface area contributed by atoms with Crippen molar-refractivity contribution < 1.29 is 8.78 Å². The molecule has 0 nitrogen and oxygen atoms in total. The SMILES string of the molecule is FC(F)=C(c1ccccc1)c1ccccc1-c1ccccc1. The van der Waals surface area contributed by atoms with Crippen molar-refractivity contribution in [2.75, 3.05) is 0 Å². The molecule has 0 aliphatic carbocycles. The molecule has 0 spiro atoms. The maximum absolute atomic E-state index is 13.6. The smallest absolute Gasteiger partial charge is 0.173 e. The predicted octanol–water partition coefficient (Wildman–Crippen LogP) is 6.01. The van der Waals surface area contributed by atoms with E-state index in [9.17, 15) is 8.78 Å². The van der Waals surface area contributed by atoms with Crippen LogP contribution < -0.4 is 0 Å². The fourth-order valence-electron chi connectivity index (χ4n) is 2.54. The third-order valence-corrected chi connectivity index (χ3v) is 3.53. The number of benzene rings is 3. The van der Waals surface area contributed by atoms with Crippen LogP contribution in [0.3, 0.4) is 0 Å². The zero-order chi connectivity index (χ0) is 15.4. The number of rotatable bonds is 3. The van der Waals surface area contributed by atoms with E-state index in [4.69, 9.17) is 0 Å². The Bertz CT molecular complexity index is 786. The minimum absolute atomic E-state index is 0.0138. The molecular formula is C20H14F2. The van der Waals surface area contributed by atoms with E-state index in [0.717, 1.165) is 11.1 Å². The molecule has 0 N–H and O–H groups in total. The Balaban J connectivity index is 2.22. The van der Waals surface area contributed by atoms with Gasteiger partial charge in [-0.2, -0.15) is 8.78 Å². The Kier molecular flexibility index (Phi) is 4.10. The lowest BCUT2D eigenvalue weighted by molar-refractivity contribution is 0.426. The summed E-state index contributed by atoms with van der Waals surface area (Å²) in [6.07, 6.45) is -1.67. The van der Waals surface area contributed by atoms with Gasteiger partial charge in [-0.1, -0.05) is 84.9 Å². The van der Waals surface area contributed by atoms with Gasteiger partial charge in [-0.25, -0.2) is 0 Å². The largest absolute Gasteiger partial charge is 0.278 e. The second-order valence-corrected chi connectivity index (χ2v) is 4.91. The van der Waals surface area contributed by atoms with Crippen LogP contribution >= 0.6 is 0 Å². The molecule has 0 saturated heterocycles. The summed E-state index contributed by atoms with van der Waals surface area (Å²) in [5.74, 6) is 0. The normalized spacial score (nSPS) is 10.3. The highest BCUT2D eigenvalue weighted by Crippen LogP contribution is 2.35. The summed E-state index contributed by atoms with van der Waals surface area (Å²) in [5.41, 5.74) is 2.77. The highest BCUT2D eigenvalue weighted by Gasteiger charge is 2.16. The summed E-state index contributed by atoms with van der Waals surface area (Å²) < 4.78 is 27.3. The molecule has 0 amide bonds. The van der Waals surface area contributed by atoms with E-state index in [1.807, 2.05) is 48.5 Å². The van der Waals surface area contributed by atoms with Crippen molar-refractivity contribution >= 4 is 5.57 Å². The molecule has 0 heterocycles. The first-order valence-corrected chi connectivity index (χ1v) is 7.03. The van der Waals surface area contributed by atoms with Crippen LogP contribution in [0.5, 0.6) is 0 Å². The first-order valence-electron chi connectivity index (χ1n) is 7.03. The number of hydrogen-bond acceptors (Lipinski definition) is 0. The molecule has 3 rings (SSSR count). The number of halogens is 2. The molecule has 0 aliphatic rings. The van der Waals surface area contributed by atoms with Crippen molar-refractivity contribution in [1.82, 2.24) is 0 Å². The van der Waals surface area contributed by atoms with Crippen LogP contribution in [0.4, 0.5) is 8.78 Å². The average molecular weight is 292 g/mol. The van der Waals surface area contributed by atoms with Gasteiger partial charge in [-0.15, -0.1) is 0 Å². The molecule has 108 valence electrons. The van der Waals surface area contributed by atoms with Gasteiger partial charge < -0.3 is 0 Å². The van der Waals surface area contributed by atoms with Crippen LogP contribution in [0.1, 0.15) is 11.1 Å². The second kappa shape index (κ2) is 6.35. The predicted molar refractivity (Wildman–Crippen MR) is 86.6 cm³/mol. The van der Waals surface area contributed by atoms with E-state index in [1.54, 1.807) is 36.4 Å². The molecule has 2 heteroatoms. The van der Waals surface area contributed by atoms with Crippen molar-refractivity contribution in [1.29, 1.82) is 0 Å². The topological polar surface area (TPSA) is 0 Å². The van der Waals surface area contributed by atoms with Crippen molar-refractivity contribution in [3.05, 3.63) is 102 Å². The molecule has 0 aromatic heterocycles. The van der Waals surface area contributed by atoms with Crippen LogP contribution in [-0.4, -0.2) is 0 Å². The zero-order valence-corrected chi connectivity index (χ0v) is 11.8. The Labute approximate surface area is 128 Å². The maximum atomic E-state index is 13.6. The van der Waals surface area contributed by atoms with Gasteiger partial charge in [0, 0.05) is 0 Å². The standard InChI is InChI=1S/C20H14F2/c21-20(22)19(16-11-5-2-6-12-16)18-14-8-7-13-17(18)15-9-3-1-4-10-15/h1-14H. The first kappa shape index (κ1) is 14.2. The minimum atomic E-state index is -1.67. The summed E-state index contributed by atoms with van der Waals surface area (Å²) in [4.78, 5) is 0. The molecule has 3 aromatic rings. The van der Waals surface area contributed by atoms with Crippen molar-refractivity contribution in [2.24, 2.45) is 0 Å². The lowest BCUT2D eigenvalue weighted by Crippen LogP contribution is -1.93. The van der Waals surface area contributed by atoms with Gasteiger partial charge >= 0.3 is 0 Å². The lowest BCUT2D eigenvalue weighted by atomic mass is 9.91. The molecule has 0 aliphatic heterocycles. The summed E-state index contributed by atoms with van der Waals surface area (Å²) in [6, 6.07) is 25.6. The monoisotopic (exact) mass is 292 g/mol. The van der Waals surface area contributed by atoms with E-state index in [-0.39, 0.29) is 5.57 Å². The summed E-state index contributed by atoms with van der Waals surface area (Å²) in [7, 11) is 0. The highest BCUT2D eigenvalue weighted by molar-refractivity contribution is 5.89. The van der Waals surface area contributed by atoms with Gasteiger partial charge in [0.15, 0.2) is 0 Å². The zero-order valence-electron chi connectivity index (χ0n) is 11.8. The molecule has 0 fully saturated rings. The highest BCUT2D eigenvalue weighted by atomic mass is 19.3. The van der Waals surface area contributed by atoms with Gasteiger partial charge in [0.2, 0.25) is 0 Å². The van der Waals surface area contributed by atoms with E-state index in [1.165, 1.54) is 0 Å². The van der Waals surface area contributed by atoms with Crippen molar-refractivity contribution in [3.8, 4) is 11.1 Å². The molecule has 0 unspecified atom stereocenters. The molecular weight excluding hydrogens is 278 g/mol. The molecule has 0 atom stereocenters. The third-order valence-electron chi connectivity index (χ3n) is 3.53. The number of hydrogen-bond donors (Lipinski definition) is 0. The Morgan fingerprint density at radius 3 is 1.77 bits per heavy atom. The van der Waals surface area contributed by atoms with E-state index in [0.29, 0.717) is 11.1 Å². The van der Waals surface area contributed by atoms with E-state index >= 15 is 0 Å². The second-order valence-electron chi connectivity index (χ2n) is 4.91.